The molecule has 0 atom stereocenters. The number of hydrogen-bond acceptors (Lipinski definition) is 6. The maximum Gasteiger partial charge on any atom is 0.130 e. The van der Waals surface area contributed by atoms with E-state index in [1.807, 2.05) is 18.3 Å². The van der Waals surface area contributed by atoms with Gasteiger partial charge < -0.3 is 21.0 Å². The number of hydrazine groups is 1. The van der Waals surface area contributed by atoms with Crippen molar-refractivity contribution >= 4 is 22.3 Å². The predicted molar refractivity (Wildman–Crippen MR) is 113 cm³/mol. The van der Waals surface area contributed by atoms with E-state index in [1.54, 1.807) is 7.05 Å². The zero-order valence-corrected chi connectivity index (χ0v) is 16.3. The van der Waals surface area contributed by atoms with E-state index in [0.717, 1.165) is 66.0 Å². The van der Waals surface area contributed by atoms with E-state index in [0.29, 0.717) is 5.92 Å². The number of nitrogens with two attached hydrogens (primary N) is 2. The lowest BCUT2D eigenvalue weighted by Gasteiger charge is -2.32. The van der Waals surface area contributed by atoms with Gasteiger partial charge in [-0.2, -0.15) is 0 Å². The molecule has 2 aromatic rings. The molecule has 0 aliphatic carbocycles. The molecule has 5 N–H and O–H groups in total. The van der Waals surface area contributed by atoms with Crippen molar-refractivity contribution in [2.24, 2.45) is 17.5 Å². The van der Waals surface area contributed by atoms with Crippen molar-refractivity contribution in [2.75, 3.05) is 32.0 Å². The van der Waals surface area contributed by atoms with Crippen molar-refractivity contribution < 1.29 is 0 Å². The second-order valence-electron chi connectivity index (χ2n) is 7.15. The Morgan fingerprint density at radius 1 is 1.33 bits per heavy atom. The third kappa shape index (κ3) is 4.40. The van der Waals surface area contributed by atoms with Gasteiger partial charge in [-0.1, -0.05) is 25.6 Å². The summed E-state index contributed by atoms with van der Waals surface area (Å²) in [6, 6.07) is 8.16. The lowest BCUT2D eigenvalue weighted by atomic mass is 9.94. The average Bonchev–Trinajstić information content (AvgIpc) is 2.68. The Kier molecular flexibility index (Phi) is 5.98. The van der Waals surface area contributed by atoms with Gasteiger partial charge in [0, 0.05) is 42.0 Å². The molecular formula is C21H30N6. The summed E-state index contributed by atoms with van der Waals surface area (Å²) in [6.07, 6.45) is 5.69. The first-order valence-electron chi connectivity index (χ1n) is 9.50. The van der Waals surface area contributed by atoms with Gasteiger partial charge in [0.15, 0.2) is 0 Å². The monoisotopic (exact) mass is 366 g/mol. The Morgan fingerprint density at radius 2 is 2.07 bits per heavy atom. The Morgan fingerprint density at radius 3 is 2.70 bits per heavy atom. The molecule has 6 heteroatoms. The highest BCUT2D eigenvalue weighted by molar-refractivity contribution is 5.87. The summed E-state index contributed by atoms with van der Waals surface area (Å²) in [6.45, 7) is 9.88. The number of aromatic nitrogens is 1. The number of likely N-dealkylation sites (tertiary alicyclic amines) is 1. The zero-order chi connectivity index (χ0) is 19.4. The van der Waals surface area contributed by atoms with Crippen LogP contribution in [-0.2, 0) is 0 Å². The molecule has 0 bridgehead atoms. The highest BCUT2D eigenvalue weighted by Gasteiger charge is 2.20. The predicted octanol–water partition coefficient (Wildman–Crippen LogP) is 2.95. The Labute approximate surface area is 161 Å². The van der Waals surface area contributed by atoms with Gasteiger partial charge in [-0.3, -0.25) is 0 Å². The van der Waals surface area contributed by atoms with Gasteiger partial charge in [0.05, 0.1) is 5.70 Å². The van der Waals surface area contributed by atoms with Crippen molar-refractivity contribution in [3.63, 3.8) is 0 Å². The van der Waals surface area contributed by atoms with E-state index in [4.69, 9.17) is 11.6 Å². The fraction of sp³-hybridized carbons (Fsp3) is 0.381. The molecule has 0 amide bonds. The van der Waals surface area contributed by atoms with Crippen LogP contribution < -0.4 is 16.9 Å². The van der Waals surface area contributed by atoms with Crippen molar-refractivity contribution in [1.29, 1.82) is 0 Å². The molecule has 1 fully saturated rings. The molecule has 1 saturated heterocycles. The number of nitrogens with one attached hydrogen (secondary N) is 1. The van der Waals surface area contributed by atoms with E-state index >= 15 is 0 Å². The lowest BCUT2D eigenvalue weighted by Crippen LogP contribution is -2.34. The number of anilines is 1. The van der Waals surface area contributed by atoms with Crippen LogP contribution in [-0.4, -0.2) is 41.6 Å². The number of nitrogens with zero attached hydrogens (tertiary/aromatic N) is 3. The van der Waals surface area contributed by atoms with Gasteiger partial charge in [0.1, 0.15) is 5.82 Å². The van der Waals surface area contributed by atoms with E-state index in [-0.39, 0.29) is 0 Å². The Bertz CT molecular complexity index is 834. The Hall–Kier alpha value is -2.57. The van der Waals surface area contributed by atoms with Crippen LogP contribution >= 0.6 is 0 Å². The SMILES string of the molecule is C=C(Nc1cc2cc(/C(=C/N)N(C)N)ccc2cn1)C1CCN(CC)CC1. The van der Waals surface area contributed by atoms with Gasteiger partial charge in [0.2, 0.25) is 0 Å². The lowest BCUT2D eigenvalue weighted by molar-refractivity contribution is 0.208. The van der Waals surface area contributed by atoms with Gasteiger partial charge in [0.25, 0.3) is 0 Å². The minimum absolute atomic E-state index is 0.495. The Balaban J connectivity index is 1.76. The van der Waals surface area contributed by atoms with E-state index in [1.165, 1.54) is 11.2 Å². The molecule has 1 aliphatic heterocycles. The number of allylic oxidation sites excluding steroid dienone is 1. The number of hydrogen-bond donors (Lipinski definition) is 3. The summed E-state index contributed by atoms with van der Waals surface area (Å²) in [5, 5.41) is 7.10. The van der Waals surface area contributed by atoms with Crippen molar-refractivity contribution in [3.05, 3.63) is 54.5 Å². The first-order chi connectivity index (χ1) is 13.0. The van der Waals surface area contributed by atoms with Crippen molar-refractivity contribution in [2.45, 2.75) is 19.8 Å². The van der Waals surface area contributed by atoms with Crippen LogP contribution in [0.25, 0.3) is 16.5 Å². The molecule has 0 saturated carbocycles. The quantitative estimate of drug-likeness (QED) is 0.538. The van der Waals surface area contributed by atoms with Gasteiger partial charge >= 0.3 is 0 Å². The largest absolute Gasteiger partial charge is 0.403 e. The third-order valence-corrected chi connectivity index (χ3v) is 5.37. The normalized spacial score (nSPS) is 16.5. The maximum absolute atomic E-state index is 5.87. The highest BCUT2D eigenvalue weighted by Crippen LogP contribution is 2.27. The second kappa shape index (κ2) is 8.41. The number of fused-ring (bicyclic) bond motifs is 1. The van der Waals surface area contributed by atoms with Crippen molar-refractivity contribution in [1.82, 2.24) is 14.9 Å². The summed E-state index contributed by atoms with van der Waals surface area (Å²) in [5.41, 5.74) is 8.52. The van der Waals surface area contributed by atoms with Crippen LogP contribution in [0.2, 0.25) is 0 Å². The molecule has 0 unspecified atom stereocenters. The fourth-order valence-corrected chi connectivity index (χ4v) is 3.65. The van der Waals surface area contributed by atoms with Gasteiger partial charge in [-0.05, 0) is 50.0 Å². The summed E-state index contributed by atoms with van der Waals surface area (Å²) in [4.78, 5) is 7.03. The molecule has 2 heterocycles. The molecule has 1 aliphatic rings. The highest BCUT2D eigenvalue weighted by atomic mass is 15.4. The minimum atomic E-state index is 0.495. The van der Waals surface area contributed by atoms with Crippen LogP contribution in [0.4, 0.5) is 5.82 Å². The zero-order valence-electron chi connectivity index (χ0n) is 16.3. The summed E-state index contributed by atoms with van der Waals surface area (Å²) in [5.74, 6) is 7.18. The maximum atomic E-state index is 5.87. The van der Waals surface area contributed by atoms with E-state index in [2.05, 4.69) is 40.8 Å². The van der Waals surface area contributed by atoms with Crippen LogP contribution in [0, 0.1) is 5.92 Å². The molecule has 1 aromatic heterocycles. The third-order valence-electron chi connectivity index (χ3n) is 5.37. The molecule has 1 aromatic carbocycles. The van der Waals surface area contributed by atoms with Crippen LogP contribution in [0.15, 0.2) is 48.9 Å². The fourth-order valence-electron chi connectivity index (χ4n) is 3.65. The average molecular weight is 367 g/mol. The number of rotatable bonds is 6. The molecule has 0 spiro atoms. The van der Waals surface area contributed by atoms with Crippen molar-refractivity contribution in [3.8, 4) is 0 Å². The second-order valence-corrected chi connectivity index (χ2v) is 7.15. The van der Waals surface area contributed by atoms with Crippen LogP contribution in [0.3, 0.4) is 0 Å². The van der Waals surface area contributed by atoms with Gasteiger partial charge in [-0.25, -0.2) is 10.8 Å². The molecule has 3 rings (SSSR count). The smallest absolute Gasteiger partial charge is 0.130 e. The number of piperidine rings is 1. The number of benzene rings is 1. The molecule has 6 nitrogen and oxygen atoms in total. The van der Waals surface area contributed by atoms with Crippen LogP contribution in [0.5, 0.6) is 0 Å². The molecular weight excluding hydrogens is 336 g/mol. The number of pyridine rings is 1. The van der Waals surface area contributed by atoms with E-state index < -0.39 is 0 Å². The summed E-state index contributed by atoms with van der Waals surface area (Å²) >= 11 is 0. The van der Waals surface area contributed by atoms with Crippen LogP contribution in [0.1, 0.15) is 25.3 Å². The first kappa shape index (κ1) is 19.2. The van der Waals surface area contributed by atoms with E-state index in [9.17, 15) is 0 Å². The molecule has 0 radical (unpaired) electrons. The van der Waals surface area contributed by atoms with Gasteiger partial charge in [-0.15, -0.1) is 0 Å². The molecule has 144 valence electrons. The topological polar surface area (TPSA) is 83.4 Å². The summed E-state index contributed by atoms with van der Waals surface area (Å²) < 4.78 is 0. The molecule has 27 heavy (non-hydrogen) atoms. The minimum Gasteiger partial charge on any atom is -0.403 e. The summed E-state index contributed by atoms with van der Waals surface area (Å²) in [7, 11) is 1.77. The first-order valence-corrected chi connectivity index (χ1v) is 9.50. The standard InChI is InChI=1S/C21H30N6/c1-4-27-9-7-16(8-10-27)15(2)25-21-12-19-11-17(20(13-22)26(3)23)5-6-18(19)14-24-21/h5-6,11-14,16H,2,4,7-10,22-23H2,1,3H3,(H,24,25)/b20-13-.